The molecule has 27 heavy (non-hydrogen) atoms. The number of nitrogens with one attached hydrogen (secondary N) is 1. The van der Waals surface area contributed by atoms with Crippen molar-refractivity contribution in [2.45, 2.75) is 18.9 Å². The van der Waals surface area contributed by atoms with Gasteiger partial charge in [0.25, 0.3) is 5.91 Å². The number of amides is 2. The highest BCUT2D eigenvalue weighted by atomic mass is 35.5. The fraction of sp³-hybridized carbons (Fsp3) is 0.333. The van der Waals surface area contributed by atoms with Crippen molar-refractivity contribution in [3.63, 3.8) is 0 Å². The van der Waals surface area contributed by atoms with Crippen molar-refractivity contribution in [3.8, 4) is 0 Å². The summed E-state index contributed by atoms with van der Waals surface area (Å²) in [6, 6.07) is 14.9. The molecular formula is C21H24ClN3O2. The summed E-state index contributed by atoms with van der Waals surface area (Å²) in [6.07, 6.45) is 1.48. The van der Waals surface area contributed by atoms with Gasteiger partial charge in [0.05, 0.1) is 6.04 Å². The third kappa shape index (κ3) is 4.67. The van der Waals surface area contributed by atoms with Gasteiger partial charge in [0.15, 0.2) is 0 Å². The number of carbonyl (C=O) groups is 2. The highest BCUT2D eigenvalue weighted by Gasteiger charge is 2.22. The average molecular weight is 386 g/mol. The first kappa shape index (κ1) is 19.4. The summed E-state index contributed by atoms with van der Waals surface area (Å²) in [6.45, 7) is 1.22. The Morgan fingerprint density at radius 1 is 1.22 bits per heavy atom. The molecule has 1 fully saturated rings. The minimum absolute atomic E-state index is 0.0224. The van der Waals surface area contributed by atoms with Crippen LogP contribution < -0.4 is 10.2 Å². The lowest BCUT2D eigenvalue weighted by atomic mass is 10.1. The number of anilines is 1. The Morgan fingerprint density at radius 2 is 1.96 bits per heavy atom. The Labute approximate surface area is 164 Å². The highest BCUT2D eigenvalue weighted by molar-refractivity contribution is 6.30. The topological polar surface area (TPSA) is 52.7 Å². The Hall–Kier alpha value is -2.37. The normalized spacial score (nSPS) is 15.3. The summed E-state index contributed by atoms with van der Waals surface area (Å²) in [5.74, 6) is 0.00530. The zero-order valence-corrected chi connectivity index (χ0v) is 16.4. The van der Waals surface area contributed by atoms with Crippen LogP contribution in [0.5, 0.6) is 0 Å². The summed E-state index contributed by atoms with van der Waals surface area (Å²) >= 11 is 6.10. The van der Waals surface area contributed by atoms with Crippen LogP contribution in [0.3, 0.4) is 0 Å². The molecule has 2 aromatic carbocycles. The van der Waals surface area contributed by atoms with Gasteiger partial charge in [-0.2, -0.15) is 0 Å². The molecule has 1 saturated heterocycles. The van der Waals surface area contributed by atoms with Gasteiger partial charge < -0.3 is 15.1 Å². The second kappa shape index (κ2) is 8.55. The van der Waals surface area contributed by atoms with Crippen molar-refractivity contribution >= 4 is 29.1 Å². The number of likely N-dealkylation sites (N-methyl/N-ethyl adjacent to an activating group) is 1. The van der Waals surface area contributed by atoms with Gasteiger partial charge in [-0.15, -0.1) is 0 Å². The molecule has 0 radical (unpaired) electrons. The fourth-order valence-electron chi connectivity index (χ4n) is 3.32. The molecule has 0 saturated carbocycles. The molecule has 1 aliphatic rings. The minimum atomic E-state index is -0.136. The maximum absolute atomic E-state index is 12.5. The van der Waals surface area contributed by atoms with Gasteiger partial charge in [-0.3, -0.25) is 9.59 Å². The van der Waals surface area contributed by atoms with Crippen molar-refractivity contribution in [1.29, 1.82) is 0 Å². The molecule has 142 valence electrons. The Morgan fingerprint density at radius 3 is 2.56 bits per heavy atom. The average Bonchev–Trinajstić information content (AvgIpc) is 3.07. The summed E-state index contributed by atoms with van der Waals surface area (Å²) in [5.41, 5.74) is 2.48. The first-order chi connectivity index (χ1) is 13.0. The van der Waals surface area contributed by atoms with Gasteiger partial charge in [-0.1, -0.05) is 23.7 Å². The summed E-state index contributed by atoms with van der Waals surface area (Å²) in [4.78, 5) is 28.2. The van der Waals surface area contributed by atoms with Gasteiger partial charge in [0, 0.05) is 35.8 Å². The predicted molar refractivity (Wildman–Crippen MR) is 108 cm³/mol. The lowest BCUT2D eigenvalue weighted by Crippen LogP contribution is -2.34. The molecule has 3 rings (SSSR count). The molecule has 0 aromatic heterocycles. The van der Waals surface area contributed by atoms with Crippen LogP contribution >= 0.6 is 11.6 Å². The first-order valence-corrected chi connectivity index (χ1v) is 9.44. The second-order valence-electron chi connectivity index (χ2n) is 6.94. The van der Waals surface area contributed by atoms with E-state index < -0.39 is 0 Å². The number of rotatable bonds is 6. The summed E-state index contributed by atoms with van der Waals surface area (Å²) in [7, 11) is 3.94. The van der Waals surface area contributed by atoms with Crippen molar-refractivity contribution in [2.24, 2.45) is 0 Å². The van der Waals surface area contributed by atoms with E-state index >= 15 is 0 Å². The monoisotopic (exact) mass is 385 g/mol. The van der Waals surface area contributed by atoms with E-state index in [1.54, 1.807) is 17.0 Å². The van der Waals surface area contributed by atoms with Gasteiger partial charge >= 0.3 is 0 Å². The number of hydrogen-bond donors (Lipinski definition) is 1. The van der Waals surface area contributed by atoms with E-state index in [0.717, 1.165) is 24.2 Å². The zero-order chi connectivity index (χ0) is 19.4. The molecule has 1 N–H and O–H groups in total. The summed E-state index contributed by atoms with van der Waals surface area (Å²) in [5, 5.41) is 3.67. The van der Waals surface area contributed by atoms with E-state index in [9.17, 15) is 9.59 Å². The molecule has 1 heterocycles. The van der Waals surface area contributed by atoms with Crippen LogP contribution in [-0.2, 0) is 4.79 Å². The molecule has 2 aromatic rings. The van der Waals surface area contributed by atoms with Crippen LogP contribution in [0, 0.1) is 0 Å². The molecule has 1 unspecified atom stereocenters. The Kier molecular flexibility index (Phi) is 6.14. The lowest BCUT2D eigenvalue weighted by molar-refractivity contribution is -0.117. The highest BCUT2D eigenvalue weighted by Crippen LogP contribution is 2.23. The van der Waals surface area contributed by atoms with Crippen molar-refractivity contribution in [2.75, 3.05) is 32.1 Å². The number of carbonyl (C=O) groups excluding carboxylic acids is 2. The number of benzene rings is 2. The lowest BCUT2D eigenvalue weighted by Gasteiger charge is -2.25. The van der Waals surface area contributed by atoms with E-state index in [4.69, 9.17) is 11.6 Å². The summed E-state index contributed by atoms with van der Waals surface area (Å²) < 4.78 is 0. The molecule has 0 bridgehead atoms. The molecule has 6 heteroatoms. The van der Waals surface area contributed by atoms with Gasteiger partial charge in [0.2, 0.25) is 5.91 Å². The van der Waals surface area contributed by atoms with Crippen LogP contribution in [0.2, 0.25) is 5.02 Å². The third-order valence-corrected chi connectivity index (χ3v) is 5.06. The number of hydrogen-bond acceptors (Lipinski definition) is 3. The second-order valence-corrected chi connectivity index (χ2v) is 7.38. The number of nitrogens with zero attached hydrogens (tertiary/aromatic N) is 2. The Bertz CT molecular complexity index is 820. The molecular weight excluding hydrogens is 362 g/mol. The van der Waals surface area contributed by atoms with Crippen LogP contribution in [0.15, 0.2) is 48.5 Å². The van der Waals surface area contributed by atoms with E-state index in [-0.39, 0.29) is 17.9 Å². The zero-order valence-electron chi connectivity index (χ0n) is 15.6. The minimum Gasteiger partial charge on any atom is -0.350 e. The molecule has 5 nitrogen and oxygen atoms in total. The predicted octanol–water partition coefficient (Wildman–Crippen LogP) is 3.50. The van der Waals surface area contributed by atoms with Crippen molar-refractivity contribution in [1.82, 2.24) is 10.2 Å². The smallest absolute Gasteiger partial charge is 0.251 e. The largest absolute Gasteiger partial charge is 0.350 e. The third-order valence-electron chi connectivity index (χ3n) is 4.83. The van der Waals surface area contributed by atoms with Crippen LogP contribution in [0.4, 0.5) is 5.69 Å². The quantitative estimate of drug-likeness (QED) is 0.828. The Balaban J connectivity index is 1.64. The first-order valence-electron chi connectivity index (χ1n) is 9.06. The van der Waals surface area contributed by atoms with Crippen LogP contribution in [0.1, 0.15) is 34.8 Å². The van der Waals surface area contributed by atoms with E-state index in [2.05, 4.69) is 5.32 Å². The number of halogens is 1. The maximum Gasteiger partial charge on any atom is 0.251 e. The van der Waals surface area contributed by atoms with Gasteiger partial charge in [-0.05, 0) is 62.5 Å². The molecule has 2 amide bonds. The van der Waals surface area contributed by atoms with Crippen LogP contribution in [-0.4, -0.2) is 43.9 Å². The van der Waals surface area contributed by atoms with E-state index in [1.165, 1.54) is 0 Å². The molecule has 0 aliphatic carbocycles. The standard InChI is InChI=1S/C21H24ClN3O2/c1-24(2)19(16-5-3-6-17(22)13-16)14-23-21(27)15-8-10-18(11-9-15)25-12-4-7-20(25)26/h3,5-6,8-11,13,19H,4,7,12,14H2,1-2H3,(H,23,27). The van der Waals surface area contributed by atoms with E-state index in [0.29, 0.717) is 23.6 Å². The fourth-order valence-corrected chi connectivity index (χ4v) is 3.52. The molecule has 0 spiro atoms. The van der Waals surface area contributed by atoms with Crippen molar-refractivity contribution < 1.29 is 9.59 Å². The molecule has 1 aliphatic heterocycles. The van der Waals surface area contributed by atoms with Crippen molar-refractivity contribution in [3.05, 3.63) is 64.7 Å². The van der Waals surface area contributed by atoms with Gasteiger partial charge in [0.1, 0.15) is 0 Å². The SMILES string of the molecule is CN(C)C(CNC(=O)c1ccc(N2CCCC2=O)cc1)c1cccc(Cl)c1. The maximum atomic E-state index is 12.5. The van der Waals surface area contributed by atoms with Gasteiger partial charge in [-0.25, -0.2) is 0 Å². The van der Waals surface area contributed by atoms with Crippen LogP contribution in [0.25, 0.3) is 0 Å². The van der Waals surface area contributed by atoms with E-state index in [1.807, 2.05) is 55.4 Å². The molecule has 1 atom stereocenters.